The Morgan fingerprint density at radius 3 is 2.76 bits per heavy atom. The molecule has 0 saturated carbocycles. The van der Waals surface area contributed by atoms with Crippen LogP contribution in [0.2, 0.25) is 0 Å². The van der Waals surface area contributed by atoms with Crippen molar-refractivity contribution in [1.82, 2.24) is 15.1 Å². The number of benzene rings is 2. The monoisotopic (exact) mass is 463 g/mol. The molecule has 2 fully saturated rings. The quantitative estimate of drug-likeness (QED) is 0.596. The molecule has 0 aliphatic carbocycles. The number of nitrogens with zero attached hydrogens (tertiary/aromatic N) is 2. The summed E-state index contributed by atoms with van der Waals surface area (Å²) in [6.45, 7) is 1.76. The van der Waals surface area contributed by atoms with Gasteiger partial charge in [-0.05, 0) is 43.2 Å². The van der Waals surface area contributed by atoms with Gasteiger partial charge in [-0.25, -0.2) is 0 Å². The van der Waals surface area contributed by atoms with Crippen molar-refractivity contribution >= 4 is 5.91 Å². The fourth-order valence-corrected chi connectivity index (χ4v) is 4.88. The number of para-hydroxylation sites is 1. The van der Waals surface area contributed by atoms with Gasteiger partial charge in [-0.3, -0.25) is 9.89 Å². The van der Waals surface area contributed by atoms with E-state index in [2.05, 4.69) is 10.2 Å². The van der Waals surface area contributed by atoms with Crippen molar-refractivity contribution in [2.45, 2.75) is 31.0 Å². The van der Waals surface area contributed by atoms with E-state index in [1.807, 2.05) is 47.4 Å². The fraction of sp³-hybridized carbons (Fsp3) is 0.385. The van der Waals surface area contributed by atoms with Crippen LogP contribution in [0.3, 0.4) is 0 Å². The van der Waals surface area contributed by atoms with Crippen molar-refractivity contribution in [3.8, 4) is 28.5 Å². The highest BCUT2D eigenvalue weighted by Gasteiger charge is 2.45. The second-order valence-corrected chi connectivity index (χ2v) is 8.81. The fourth-order valence-electron chi connectivity index (χ4n) is 4.88. The lowest BCUT2D eigenvalue weighted by atomic mass is 9.89. The zero-order chi connectivity index (χ0) is 23.5. The first-order valence-corrected chi connectivity index (χ1v) is 11.5. The number of nitrogens with one attached hydrogen (secondary N) is 1. The second kappa shape index (κ2) is 9.38. The molecule has 2 aliphatic heterocycles. The maximum Gasteiger partial charge on any atom is 0.271 e. The van der Waals surface area contributed by atoms with Crippen LogP contribution in [0, 0.1) is 0 Å². The Kier molecular flexibility index (Phi) is 6.15. The SMILES string of the molecule is COc1ccc(-c2cc(C(=O)N3CCC[C@@]4(C[C@@H](Oc5ccccc5)CO4)C3)[nH]n2)c(OC)c1. The van der Waals surface area contributed by atoms with Crippen molar-refractivity contribution in [3.63, 3.8) is 0 Å². The molecule has 8 heteroatoms. The van der Waals surface area contributed by atoms with E-state index in [1.165, 1.54) is 0 Å². The summed E-state index contributed by atoms with van der Waals surface area (Å²) < 4.78 is 23.1. The highest BCUT2D eigenvalue weighted by atomic mass is 16.6. The first-order valence-electron chi connectivity index (χ1n) is 11.5. The highest BCUT2D eigenvalue weighted by molar-refractivity contribution is 5.93. The highest BCUT2D eigenvalue weighted by Crippen LogP contribution is 2.37. The topological polar surface area (TPSA) is 85.9 Å². The van der Waals surface area contributed by atoms with Gasteiger partial charge in [0.2, 0.25) is 0 Å². The van der Waals surface area contributed by atoms with Crippen LogP contribution in [0.1, 0.15) is 29.8 Å². The van der Waals surface area contributed by atoms with Gasteiger partial charge in [0.25, 0.3) is 5.91 Å². The van der Waals surface area contributed by atoms with E-state index >= 15 is 0 Å². The summed E-state index contributed by atoms with van der Waals surface area (Å²) in [5.74, 6) is 2.08. The predicted octanol–water partition coefficient (Wildman–Crippen LogP) is 3.94. The van der Waals surface area contributed by atoms with E-state index in [1.54, 1.807) is 26.4 Å². The Bertz CT molecular complexity index is 1150. The molecule has 1 N–H and O–H groups in total. The van der Waals surface area contributed by atoms with Gasteiger partial charge in [0.1, 0.15) is 29.0 Å². The van der Waals surface area contributed by atoms with Gasteiger partial charge in [0.05, 0.1) is 38.7 Å². The number of aromatic amines is 1. The number of carbonyl (C=O) groups excluding carboxylic acids is 1. The maximum atomic E-state index is 13.3. The van der Waals surface area contributed by atoms with Gasteiger partial charge in [0.15, 0.2) is 0 Å². The Labute approximate surface area is 198 Å². The second-order valence-electron chi connectivity index (χ2n) is 8.81. The number of methoxy groups -OCH3 is 2. The molecular weight excluding hydrogens is 434 g/mol. The Balaban J connectivity index is 1.27. The zero-order valence-corrected chi connectivity index (χ0v) is 19.5. The van der Waals surface area contributed by atoms with E-state index in [-0.39, 0.29) is 17.6 Å². The van der Waals surface area contributed by atoms with Crippen LogP contribution in [0.25, 0.3) is 11.3 Å². The average Bonchev–Trinajstić information content (AvgIpc) is 3.51. The predicted molar refractivity (Wildman–Crippen MR) is 126 cm³/mol. The molecule has 34 heavy (non-hydrogen) atoms. The number of rotatable bonds is 6. The van der Waals surface area contributed by atoms with Crippen molar-refractivity contribution in [2.24, 2.45) is 0 Å². The Hall–Kier alpha value is -3.52. The number of carbonyl (C=O) groups is 1. The van der Waals surface area contributed by atoms with Gasteiger partial charge in [0, 0.05) is 24.6 Å². The molecular formula is C26H29N3O5. The maximum absolute atomic E-state index is 13.3. The molecule has 2 aromatic carbocycles. The third-order valence-electron chi connectivity index (χ3n) is 6.54. The lowest BCUT2D eigenvalue weighted by Gasteiger charge is -2.39. The number of hydrogen-bond donors (Lipinski definition) is 1. The summed E-state index contributed by atoms with van der Waals surface area (Å²) in [6.07, 6.45) is 2.56. The summed E-state index contributed by atoms with van der Waals surface area (Å²) in [6, 6.07) is 17.1. The minimum absolute atomic E-state index is 0.0150. The van der Waals surface area contributed by atoms with Crippen molar-refractivity contribution in [2.75, 3.05) is 33.9 Å². The van der Waals surface area contributed by atoms with E-state index in [0.29, 0.717) is 42.6 Å². The number of H-pyrrole nitrogens is 1. The first kappa shape index (κ1) is 22.3. The third kappa shape index (κ3) is 4.46. The normalized spacial score (nSPS) is 22.1. The summed E-state index contributed by atoms with van der Waals surface area (Å²) in [7, 11) is 3.20. The number of aromatic nitrogens is 2. The van der Waals surface area contributed by atoms with Crippen LogP contribution in [0.4, 0.5) is 0 Å². The summed E-state index contributed by atoms with van der Waals surface area (Å²) in [4.78, 5) is 15.2. The third-order valence-corrected chi connectivity index (χ3v) is 6.54. The molecule has 2 aliphatic rings. The van der Waals surface area contributed by atoms with Crippen LogP contribution >= 0.6 is 0 Å². The summed E-state index contributed by atoms with van der Waals surface area (Å²) in [5, 5.41) is 7.28. The minimum Gasteiger partial charge on any atom is -0.497 e. The zero-order valence-electron chi connectivity index (χ0n) is 19.5. The van der Waals surface area contributed by atoms with Gasteiger partial charge in [-0.15, -0.1) is 0 Å². The lowest BCUT2D eigenvalue weighted by molar-refractivity contribution is -0.0454. The molecule has 1 aromatic heterocycles. The molecule has 0 bridgehead atoms. The van der Waals surface area contributed by atoms with E-state index < -0.39 is 0 Å². The van der Waals surface area contributed by atoms with Crippen LogP contribution in [-0.2, 0) is 4.74 Å². The van der Waals surface area contributed by atoms with Gasteiger partial charge in [-0.1, -0.05) is 18.2 Å². The van der Waals surface area contributed by atoms with Crippen LogP contribution < -0.4 is 14.2 Å². The van der Waals surface area contributed by atoms with Crippen LogP contribution in [-0.4, -0.2) is 66.6 Å². The average molecular weight is 464 g/mol. The summed E-state index contributed by atoms with van der Waals surface area (Å²) in [5.41, 5.74) is 1.51. The number of likely N-dealkylation sites (tertiary alicyclic amines) is 1. The van der Waals surface area contributed by atoms with Crippen molar-refractivity contribution in [3.05, 3.63) is 60.3 Å². The molecule has 3 heterocycles. The molecule has 1 spiro atoms. The van der Waals surface area contributed by atoms with E-state index in [9.17, 15) is 4.79 Å². The van der Waals surface area contributed by atoms with Gasteiger partial charge < -0.3 is 23.8 Å². The smallest absolute Gasteiger partial charge is 0.271 e. The lowest BCUT2D eigenvalue weighted by Crippen LogP contribution is -2.50. The standard InChI is InChI=1S/C26H29N3O5/c1-31-19-9-10-21(24(13-19)32-2)22-14-23(28-27-22)25(30)29-12-6-11-26(17-29)15-20(16-33-26)34-18-7-4-3-5-8-18/h3-5,7-10,13-14,20H,6,11-12,15-17H2,1-2H3,(H,27,28)/t20-,26-/m1/s1. The molecule has 8 nitrogen and oxygen atoms in total. The largest absolute Gasteiger partial charge is 0.497 e. The van der Waals surface area contributed by atoms with Crippen molar-refractivity contribution < 1.29 is 23.7 Å². The molecule has 1 amide bonds. The molecule has 2 saturated heterocycles. The Morgan fingerprint density at radius 2 is 1.97 bits per heavy atom. The molecule has 178 valence electrons. The molecule has 2 atom stereocenters. The molecule has 3 aromatic rings. The number of piperidine rings is 1. The van der Waals surface area contributed by atoms with E-state index in [0.717, 1.165) is 30.6 Å². The van der Waals surface area contributed by atoms with Crippen LogP contribution in [0.5, 0.6) is 17.2 Å². The number of amides is 1. The van der Waals surface area contributed by atoms with Crippen molar-refractivity contribution in [1.29, 1.82) is 0 Å². The van der Waals surface area contributed by atoms with E-state index in [4.69, 9.17) is 18.9 Å². The molecule has 5 rings (SSSR count). The van der Waals surface area contributed by atoms with Crippen LogP contribution in [0.15, 0.2) is 54.6 Å². The molecule has 0 unspecified atom stereocenters. The Morgan fingerprint density at radius 1 is 1.12 bits per heavy atom. The summed E-state index contributed by atoms with van der Waals surface area (Å²) >= 11 is 0. The number of ether oxygens (including phenoxy) is 4. The number of hydrogen-bond acceptors (Lipinski definition) is 6. The van der Waals surface area contributed by atoms with Gasteiger partial charge in [-0.2, -0.15) is 5.10 Å². The molecule has 0 radical (unpaired) electrons. The minimum atomic E-state index is -0.366. The van der Waals surface area contributed by atoms with Gasteiger partial charge >= 0.3 is 0 Å². The first-order chi connectivity index (χ1) is 16.6.